The topological polar surface area (TPSA) is 204 Å². The van der Waals surface area contributed by atoms with E-state index in [-0.39, 0.29) is 43.1 Å². The second-order valence-electron chi connectivity index (χ2n) is 17.0. The zero-order chi connectivity index (χ0) is 46.3. The van der Waals surface area contributed by atoms with Crippen LogP contribution in [-0.4, -0.2) is 89.4 Å². The minimum atomic E-state index is -0.914. The molecule has 63 heavy (non-hydrogen) atoms. The first-order chi connectivity index (χ1) is 29.8. The molecule has 3 atom stereocenters. The van der Waals surface area contributed by atoms with Crippen LogP contribution in [0.2, 0.25) is 0 Å². The molecule has 5 rings (SSSR count). The second kappa shape index (κ2) is 20.3. The van der Waals surface area contributed by atoms with E-state index >= 15 is 0 Å². The predicted molar refractivity (Wildman–Crippen MR) is 243 cm³/mol. The maximum atomic E-state index is 13.8. The molecule has 3 aromatic rings. The van der Waals surface area contributed by atoms with E-state index in [1.54, 1.807) is 20.8 Å². The zero-order valence-corrected chi connectivity index (χ0v) is 38.5. The molecule has 0 fully saturated rings. The van der Waals surface area contributed by atoms with Crippen molar-refractivity contribution < 1.29 is 42.9 Å². The van der Waals surface area contributed by atoms with Crippen LogP contribution in [0.3, 0.4) is 0 Å². The maximum absolute atomic E-state index is 13.8. The monoisotopic (exact) mass is 866 g/mol. The summed E-state index contributed by atoms with van der Waals surface area (Å²) in [5.41, 5.74) is 9.94. The Morgan fingerprint density at radius 1 is 0.905 bits per heavy atom. The van der Waals surface area contributed by atoms with Crippen LogP contribution in [0, 0.1) is 13.8 Å². The SMILES string of the molecule is C=Cc1c(C)c2cc3nc(c(CC(=O)OC)c4[nH]c(cc5nc(cc1[nH]2)C(C)=C5CC)c(C)c4C(=O)OC)[C@@H](CCC(=O)N[C@@H](CCCCNC(=O)OC(C)(C)C)C(=O)OC)[C@@H]3C. The Morgan fingerprint density at radius 3 is 2.24 bits per heavy atom. The van der Waals surface area contributed by atoms with E-state index < -0.39 is 41.6 Å². The molecule has 338 valence electrons. The Bertz CT molecular complexity index is 2490. The number of rotatable bonds is 15. The number of ether oxygens (including phenoxy) is 4. The lowest BCUT2D eigenvalue weighted by Crippen LogP contribution is -2.41. The van der Waals surface area contributed by atoms with Crippen LogP contribution < -0.4 is 10.6 Å². The van der Waals surface area contributed by atoms with Gasteiger partial charge in [-0.25, -0.2) is 19.4 Å². The molecule has 3 aromatic heterocycles. The van der Waals surface area contributed by atoms with E-state index in [0.717, 1.165) is 44.7 Å². The van der Waals surface area contributed by atoms with Gasteiger partial charge in [-0.2, -0.15) is 0 Å². The maximum Gasteiger partial charge on any atom is 0.407 e. The van der Waals surface area contributed by atoms with Crippen molar-refractivity contribution in [1.82, 2.24) is 30.6 Å². The van der Waals surface area contributed by atoms with E-state index in [2.05, 4.69) is 34.1 Å². The number of carbonyl (C=O) groups is 5. The van der Waals surface area contributed by atoms with Gasteiger partial charge in [0.05, 0.1) is 55.9 Å². The molecule has 0 aromatic carbocycles. The number of hydrogen-bond donors (Lipinski definition) is 4. The lowest BCUT2D eigenvalue weighted by molar-refractivity contribution is -0.145. The number of aromatic amines is 2. The van der Waals surface area contributed by atoms with Crippen molar-refractivity contribution in [2.75, 3.05) is 27.9 Å². The first-order valence-electron chi connectivity index (χ1n) is 21.4. The van der Waals surface area contributed by atoms with Crippen LogP contribution in [0.1, 0.15) is 147 Å². The van der Waals surface area contributed by atoms with Crippen LogP contribution in [0.5, 0.6) is 0 Å². The molecule has 2 aliphatic heterocycles. The first kappa shape index (κ1) is 47.8. The minimum Gasteiger partial charge on any atom is -0.469 e. The average Bonchev–Trinajstić information content (AvgIpc) is 3.92. The second-order valence-corrected chi connectivity index (χ2v) is 17.0. The van der Waals surface area contributed by atoms with Gasteiger partial charge in [0, 0.05) is 58.2 Å². The number of nitrogens with one attached hydrogen (secondary N) is 4. The molecule has 0 aliphatic carbocycles. The summed E-state index contributed by atoms with van der Waals surface area (Å²) in [6.45, 7) is 19.7. The number of H-pyrrole nitrogens is 2. The van der Waals surface area contributed by atoms with Crippen LogP contribution in [0.25, 0.3) is 39.3 Å². The molecule has 8 bridgehead atoms. The van der Waals surface area contributed by atoms with Gasteiger partial charge in [-0.3, -0.25) is 14.6 Å². The Balaban J connectivity index is 1.63. The number of aromatic nitrogens is 4. The fourth-order valence-electron chi connectivity index (χ4n) is 8.33. The molecule has 4 N–H and O–H groups in total. The summed E-state index contributed by atoms with van der Waals surface area (Å²) in [7, 11) is 3.87. The van der Waals surface area contributed by atoms with Crippen molar-refractivity contribution in [3.05, 3.63) is 75.4 Å². The standard InChI is InChI=1S/C48H62N6O9/c1-13-29-25(3)34-22-36-27(5)31(18-19-40(55)52-33(45(57)61-11)17-15-16-20-49-47(59)63-48(7,8)9)43(53-36)32(21-41(56)60-10)44-42(46(58)62-12)28(6)37(54-44)24-39-30(14-2)26(4)35(51-39)23-38(29)50-34/h13,22-24,27,31,33,50,54H,1,14-21H2,2-12H3,(H,49,59)(H,52,55)/t27-,31-,33-/m0/s1. The summed E-state index contributed by atoms with van der Waals surface area (Å²) in [4.78, 5) is 83.1. The summed E-state index contributed by atoms with van der Waals surface area (Å²) < 4.78 is 20.9. The van der Waals surface area contributed by atoms with E-state index in [9.17, 15) is 24.0 Å². The number of hydrogen-bond acceptors (Lipinski definition) is 11. The Labute approximate surface area is 368 Å². The van der Waals surface area contributed by atoms with Gasteiger partial charge in [-0.1, -0.05) is 26.5 Å². The number of nitrogens with zero attached hydrogens (tertiary/aromatic N) is 2. The van der Waals surface area contributed by atoms with Crippen molar-refractivity contribution in [2.24, 2.45) is 0 Å². The number of amides is 2. The van der Waals surface area contributed by atoms with Crippen molar-refractivity contribution in [3.63, 3.8) is 0 Å². The predicted octanol–water partition coefficient (Wildman–Crippen LogP) is 8.44. The molecule has 0 unspecified atom stereocenters. The van der Waals surface area contributed by atoms with Crippen molar-refractivity contribution in [3.8, 4) is 0 Å². The molecular weight excluding hydrogens is 805 g/mol. The zero-order valence-electron chi connectivity index (χ0n) is 38.5. The highest BCUT2D eigenvalue weighted by molar-refractivity contribution is 6.03. The number of unbranched alkanes of at least 4 members (excludes halogenated alkanes) is 1. The van der Waals surface area contributed by atoms with Gasteiger partial charge >= 0.3 is 24.0 Å². The summed E-state index contributed by atoms with van der Waals surface area (Å²) in [6, 6.07) is 5.00. The fraction of sp³-hybridized carbons (Fsp3) is 0.479. The van der Waals surface area contributed by atoms with Gasteiger partial charge < -0.3 is 39.5 Å². The van der Waals surface area contributed by atoms with Crippen LogP contribution in [0.15, 0.2) is 24.8 Å². The third-order valence-corrected chi connectivity index (χ3v) is 11.8. The third kappa shape index (κ3) is 10.9. The molecule has 0 spiro atoms. The normalized spacial score (nSPS) is 15.3. The van der Waals surface area contributed by atoms with Crippen molar-refractivity contribution in [2.45, 2.75) is 124 Å². The van der Waals surface area contributed by atoms with Gasteiger partial charge in [0.15, 0.2) is 0 Å². The molecular formula is C48H62N6O9. The first-order valence-corrected chi connectivity index (χ1v) is 21.4. The number of alkyl carbamates (subject to hydrolysis) is 1. The molecule has 2 aliphatic rings. The number of fused-ring (bicyclic) bond motifs is 8. The molecule has 0 saturated heterocycles. The number of aryl methyl sites for hydroxylation is 2. The van der Waals surface area contributed by atoms with Gasteiger partial charge in [0.25, 0.3) is 0 Å². The Hall–Kier alpha value is -6.25. The van der Waals surface area contributed by atoms with Crippen LogP contribution in [0.4, 0.5) is 4.79 Å². The van der Waals surface area contributed by atoms with E-state index in [1.807, 2.05) is 52.0 Å². The lowest BCUT2D eigenvalue weighted by Gasteiger charge is -2.20. The summed E-state index contributed by atoms with van der Waals surface area (Å²) in [5, 5.41) is 5.56. The van der Waals surface area contributed by atoms with Gasteiger partial charge in [-0.15, -0.1) is 0 Å². The molecule has 0 radical (unpaired) electrons. The molecule has 15 heteroatoms. The van der Waals surface area contributed by atoms with E-state index in [0.29, 0.717) is 59.4 Å². The molecule has 0 saturated carbocycles. The number of allylic oxidation sites excluding steroid dienone is 2. The smallest absolute Gasteiger partial charge is 0.407 e. The highest BCUT2D eigenvalue weighted by Crippen LogP contribution is 2.43. The average molecular weight is 867 g/mol. The number of carbonyl (C=O) groups excluding carboxylic acids is 5. The summed E-state index contributed by atoms with van der Waals surface area (Å²) in [5.74, 6) is -2.82. The van der Waals surface area contributed by atoms with E-state index in [1.165, 1.54) is 21.3 Å². The molecule has 5 heterocycles. The Kier molecular flexibility index (Phi) is 15.4. The summed E-state index contributed by atoms with van der Waals surface area (Å²) >= 11 is 0. The third-order valence-electron chi connectivity index (χ3n) is 11.8. The van der Waals surface area contributed by atoms with E-state index in [4.69, 9.17) is 28.9 Å². The largest absolute Gasteiger partial charge is 0.469 e. The summed E-state index contributed by atoms with van der Waals surface area (Å²) in [6.07, 6.45) is 3.36. The molecule has 15 nitrogen and oxygen atoms in total. The van der Waals surface area contributed by atoms with Gasteiger partial charge in [-0.05, 0) is 114 Å². The Morgan fingerprint density at radius 2 is 1.60 bits per heavy atom. The number of esters is 3. The van der Waals surface area contributed by atoms with Gasteiger partial charge in [0.1, 0.15) is 11.6 Å². The molecule has 2 amide bonds. The fourth-order valence-corrected chi connectivity index (χ4v) is 8.33. The highest BCUT2D eigenvalue weighted by atomic mass is 16.6. The lowest BCUT2D eigenvalue weighted by atomic mass is 9.85. The van der Waals surface area contributed by atoms with Gasteiger partial charge in [0.2, 0.25) is 5.91 Å². The minimum absolute atomic E-state index is 0.00168. The van der Waals surface area contributed by atoms with Crippen LogP contribution in [-0.2, 0) is 39.8 Å². The quantitative estimate of drug-likeness (QED) is 0.0648. The van der Waals surface area contributed by atoms with Crippen LogP contribution >= 0.6 is 0 Å². The highest BCUT2D eigenvalue weighted by Gasteiger charge is 2.34. The van der Waals surface area contributed by atoms with Crippen molar-refractivity contribution >= 4 is 69.2 Å². The van der Waals surface area contributed by atoms with Crippen molar-refractivity contribution in [1.29, 1.82) is 0 Å². The number of methoxy groups -OCH3 is 3.